The number of non-ortho nitro benzene ring substituents is 1. The molecule has 6 rings (SSSR count). The van der Waals surface area contributed by atoms with Crippen LogP contribution in [0.4, 0.5) is 5.69 Å². The summed E-state index contributed by atoms with van der Waals surface area (Å²) in [6.07, 6.45) is -10.9. The summed E-state index contributed by atoms with van der Waals surface area (Å²) in [7, 11) is 0. The molecule has 18 heteroatoms. The maximum Gasteiger partial charge on any atom is 0.338 e. The summed E-state index contributed by atoms with van der Waals surface area (Å²) in [6.45, 7) is 8.82. The molecular formula is C42H48N2O16. The summed E-state index contributed by atoms with van der Waals surface area (Å²) in [6, 6.07) is 10.9. The Morgan fingerprint density at radius 2 is 1.58 bits per heavy atom. The van der Waals surface area contributed by atoms with Crippen LogP contribution in [-0.2, 0) is 47.7 Å². The molecule has 2 aromatic carbocycles. The summed E-state index contributed by atoms with van der Waals surface area (Å²) in [5.41, 5.74) is -8.14. The van der Waals surface area contributed by atoms with Crippen LogP contribution in [0, 0.1) is 26.9 Å². The highest BCUT2D eigenvalue weighted by Crippen LogP contribution is 2.64. The minimum absolute atomic E-state index is 0.0372. The van der Waals surface area contributed by atoms with Gasteiger partial charge in [0.2, 0.25) is 5.91 Å². The number of rotatable bonds is 10. The van der Waals surface area contributed by atoms with Gasteiger partial charge in [0.1, 0.15) is 23.9 Å². The molecule has 3 aliphatic carbocycles. The molecule has 322 valence electrons. The second-order valence-electron chi connectivity index (χ2n) is 16.7. The Bertz CT molecular complexity index is 2140. The molecule has 0 radical (unpaired) electrons. The van der Waals surface area contributed by atoms with Gasteiger partial charge in [0, 0.05) is 51.2 Å². The van der Waals surface area contributed by atoms with Crippen LogP contribution in [0.3, 0.4) is 0 Å². The average Bonchev–Trinajstić information content (AvgIpc) is 3.17. The Morgan fingerprint density at radius 3 is 2.12 bits per heavy atom. The second-order valence-corrected chi connectivity index (χ2v) is 16.7. The predicted molar refractivity (Wildman–Crippen MR) is 204 cm³/mol. The van der Waals surface area contributed by atoms with Gasteiger partial charge in [-0.1, -0.05) is 44.2 Å². The van der Waals surface area contributed by atoms with Gasteiger partial charge < -0.3 is 44.3 Å². The van der Waals surface area contributed by atoms with Crippen LogP contribution in [0.25, 0.3) is 0 Å². The predicted octanol–water partition coefficient (Wildman–Crippen LogP) is 2.35. The molecule has 1 saturated heterocycles. The van der Waals surface area contributed by atoms with E-state index in [2.05, 4.69) is 5.32 Å². The zero-order valence-electron chi connectivity index (χ0n) is 34.0. The number of ether oxygens (including phenoxy) is 5. The van der Waals surface area contributed by atoms with Crippen LogP contribution >= 0.6 is 0 Å². The minimum Gasteiger partial charge on any atom is -0.456 e. The number of ketones is 1. The molecule has 18 nitrogen and oxygen atoms in total. The fourth-order valence-electron chi connectivity index (χ4n) is 9.73. The lowest BCUT2D eigenvalue weighted by molar-refractivity contribution is -0.384. The van der Waals surface area contributed by atoms with Gasteiger partial charge in [-0.3, -0.25) is 29.3 Å². The van der Waals surface area contributed by atoms with Crippen LogP contribution < -0.4 is 5.32 Å². The molecular weight excluding hydrogens is 788 g/mol. The van der Waals surface area contributed by atoms with Crippen molar-refractivity contribution in [3.05, 3.63) is 87.0 Å². The van der Waals surface area contributed by atoms with Crippen molar-refractivity contribution in [3.8, 4) is 0 Å². The van der Waals surface area contributed by atoms with Crippen LogP contribution in [0.15, 0.2) is 65.7 Å². The van der Waals surface area contributed by atoms with Crippen molar-refractivity contribution in [2.75, 3.05) is 6.61 Å². The number of esters is 4. The van der Waals surface area contributed by atoms with Gasteiger partial charge >= 0.3 is 23.9 Å². The zero-order chi connectivity index (χ0) is 44.3. The Labute approximate surface area is 344 Å². The smallest absolute Gasteiger partial charge is 0.338 e. The fourth-order valence-corrected chi connectivity index (χ4v) is 9.73. The Morgan fingerprint density at radius 1 is 0.950 bits per heavy atom. The molecule has 2 bridgehead atoms. The molecule has 1 aliphatic heterocycles. The normalized spacial score (nSPS) is 32.5. The lowest BCUT2D eigenvalue weighted by Crippen LogP contribution is -2.82. The number of hydrogen-bond acceptors (Lipinski definition) is 16. The Kier molecular flexibility index (Phi) is 11.6. The molecule has 0 aromatic heterocycles. The highest BCUT2D eigenvalue weighted by Gasteiger charge is 2.78. The van der Waals surface area contributed by atoms with E-state index in [1.165, 1.54) is 52.0 Å². The van der Waals surface area contributed by atoms with Crippen LogP contribution in [-0.4, -0.2) is 110 Å². The molecule has 11 atom stereocenters. The number of fused-ring (bicyclic) bond motifs is 5. The number of Topliss-reactive ketones (excluding diaryl/α,β-unsaturated/α-hetero) is 1. The van der Waals surface area contributed by atoms with E-state index in [-0.39, 0.29) is 41.0 Å². The third kappa shape index (κ3) is 7.14. The molecule has 0 spiro atoms. The molecule has 4 N–H and O–H groups in total. The Hall–Kier alpha value is -5.56. The molecule has 1 unspecified atom stereocenters. The highest BCUT2D eigenvalue weighted by molar-refractivity contribution is 5.95. The van der Waals surface area contributed by atoms with Crippen molar-refractivity contribution in [2.24, 2.45) is 16.7 Å². The maximum absolute atomic E-state index is 15.4. The van der Waals surface area contributed by atoms with Gasteiger partial charge in [0.05, 0.1) is 40.6 Å². The topological polar surface area (TPSA) is 264 Å². The lowest BCUT2D eigenvalue weighted by atomic mass is 9.44. The van der Waals surface area contributed by atoms with Crippen molar-refractivity contribution in [1.82, 2.24) is 5.32 Å². The highest BCUT2D eigenvalue weighted by atomic mass is 16.6. The fraction of sp³-hybridized carbons (Fsp3) is 0.524. The molecule has 2 aromatic rings. The summed E-state index contributed by atoms with van der Waals surface area (Å²) in [5.74, 6) is -7.21. The molecule has 1 heterocycles. The van der Waals surface area contributed by atoms with Crippen molar-refractivity contribution < 1.29 is 72.7 Å². The van der Waals surface area contributed by atoms with E-state index in [4.69, 9.17) is 23.7 Å². The number of carbonyl (C=O) groups excluding carboxylic acids is 6. The first kappa shape index (κ1) is 44.0. The van der Waals surface area contributed by atoms with Crippen LogP contribution in [0.5, 0.6) is 0 Å². The third-order valence-corrected chi connectivity index (χ3v) is 12.8. The number of nitro benzene ring substituents is 1. The lowest BCUT2D eigenvalue weighted by Gasteiger charge is -2.67. The zero-order valence-corrected chi connectivity index (χ0v) is 34.0. The standard InChI is InChI=1S/C42H48N2O16/c1-20-27(58-38(52)32(49)31(43-21(2)45)24-13-15-26(16-14-24)44(54)55)18-42(53)36(59-37(51)25-11-9-8-10-12-25)34-40(7,28(48)17-29-41(34,19-56-29)60-23(4)47)35(50)33(57-22(3)46)30(20)39(42,5)6/h8-16,27-29,31-34,36,48-49,53H,17-19H2,1-7H3,(H,43,45)/t27?,28-,29+,31-,32+,33+,34-,36-,40+,41-,42+/m0/s1. The quantitative estimate of drug-likeness (QED) is 0.0880. The van der Waals surface area contributed by atoms with Gasteiger partial charge in [0.15, 0.2) is 23.6 Å². The van der Waals surface area contributed by atoms with E-state index in [1.807, 2.05) is 0 Å². The summed E-state index contributed by atoms with van der Waals surface area (Å²) < 4.78 is 29.9. The average molecular weight is 837 g/mol. The monoisotopic (exact) mass is 836 g/mol. The number of benzene rings is 2. The van der Waals surface area contributed by atoms with Gasteiger partial charge in [-0.15, -0.1) is 0 Å². The molecule has 60 heavy (non-hydrogen) atoms. The van der Waals surface area contributed by atoms with E-state index in [0.29, 0.717) is 0 Å². The van der Waals surface area contributed by atoms with Gasteiger partial charge in [-0.2, -0.15) is 0 Å². The maximum atomic E-state index is 15.4. The number of nitro groups is 1. The van der Waals surface area contributed by atoms with Crippen LogP contribution in [0.1, 0.15) is 83.3 Å². The second kappa shape index (κ2) is 15.8. The minimum atomic E-state index is -2.44. The van der Waals surface area contributed by atoms with Crippen molar-refractivity contribution in [2.45, 2.75) is 115 Å². The van der Waals surface area contributed by atoms with Crippen molar-refractivity contribution in [1.29, 1.82) is 0 Å². The largest absolute Gasteiger partial charge is 0.456 e. The third-order valence-electron chi connectivity index (χ3n) is 12.8. The number of nitrogens with zero attached hydrogens (tertiary/aromatic N) is 1. The Balaban J connectivity index is 1.55. The van der Waals surface area contributed by atoms with Gasteiger partial charge in [-0.25, -0.2) is 9.59 Å². The van der Waals surface area contributed by atoms with Gasteiger partial charge in [0.25, 0.3) is 5.69 Å². The van der Waals surface area contributed by atoms with E-state index >= 15 is 4.79 Å². The number of hydrogen-bond donors (Lipinski definition) is 4. The van der Waals surface area contributed by atoms with Crippen molar-refractivity contribution in [3.63, 3.8) is 0 Å². The number of amides is 1. The first-order valence-corrected chi connectivity index (χ1v) is 19.3. The first-order valence-electron chi connectivity index (χ1n) is 19.3. The molecule has 2 saturated carbocycles. The van der Waals surface area contributed by atoms with E-state index in [0.717, 1.165) is 32.9 Å². The van der Waals surface area contributed by atoms with Crippen LogP contribution in [0.2, 0.25) is 0 Å². The van der Waals surface area contributed by atoms with E-state index < -0.39 is 118 Å². The molecule has 4 aliphatic rings. The number of nitrogens with one attached hydrogen (secondary N) is 1. The SMILES string of the molecule is CC(=O)N[C@@H](c1ccc([N+](=O)[O-])cc1)[C@@H](O)C(=O)OC1C[C@@]2(O)[C@@H](OC(=O)c3ccccc3)[C@@H]3[C@]4(OC(C)=O)CO[C@@H]4C[C@H](O)[C@@]3(C)C(=O)[C@H](OC(C)=O)C(=C1C)C2(C)C. The number of carbonyl (C=O) groups is 6. The van der Waals surface area contributed by atoms with E-state index in [1.54, 1.807) is 18.2 Å². The summed E-state index contributed by atoms with van der Waals surface area (Å²) in [4.78, 5) is 92.4. The van der Waals surface area contributed by atoms with Crippen molar-refractivity contribution >= 4 is 41.3 Å². The van der Waals surface area contributed by atoms with Gasteiger partial charge in [-0.05, 0) is 42.7 Å². The molecule has 1 amide bonds. The van der Waals surface area contributed by atoms with E-state index in [9.17, 15) is 49.4 Å². The number of aliphatic hydroxyl groups excluding tert-OH is 2. The number of aliphatic hydroxyl groups is 3. The summed E-state index contributed by atoms with van der Waals surface area (Å²) in [5, 5.41) is 50.8. The molecule has 3 fully saturated rings. The summed E-state index contributed by atoms with van der Waals surface area (Å²) >= 11 is 0. The first-order chi connectivity index (χ1) is 28.0.